The minimum atomic E-state index is -0.570. The number of rotatable bonds is 8. The molecule has 1 aromatic carbocycles. The Morgan fingerprint density at radius 3 is 2.59 bits per heavy atom. The first-order chi connectivity index (χ1) is 18.6. The summed E-state index contributed by atoms with van der Waals surface area (Å²) in [5.74, 6) is 1.02. The summed E-state index contributed by atoms with van der Waals surface area (Å²) >= 11 is 1.33. The van der Waals surface area contributed by atoms with Crippen molar-refractivity contribution in [3.8, 4) is 5.88 Å². The SMILES string of the molecule is Cc1ccc(C(=O)Nc2ccc(OCCc3csc(NC(=O)OC(C)(C)C)n3)nc2)c(N2CCC(C)CC2)c1. The maximum absolute atomic E-state index is 13.2. The van der Waals surface area contributed by atoms with Crippen LogP contribution in [-0.2, 0) is 11.2 Å². The molecule has 1 aliphatic rings. The van der Waals surface area contributed by atoms with E-state index in [1.807, 2.05) is 38.3 Å². The molecule has 10 heteroatoms. The largest absolute Gasteiger partial charge is 0.477 e. The van der Waals surface area contributed by atoms with Crippen molar-refractivity contribution in [3.63, 3.8) is 0 Å². The van der Waals surface area contributed by atoms with E-state index >= 15 is 0 Å². The Hall–Kier alpha value is -3.66. The van der Waals surface area contributed by atoms with E-state index in [1.165, 1.54) is 11.3 Å². The zero-order valence-electron chi connectivity index (χ0n) is 23.2. The number of benzene rings is 1. The quantitative estimate of drug-likeness (QED) is 0.338. The van der Waals surface area contributed by atoms with Gasteiger partial charge in [0.25, 0.3) is 5.91 Å². The van der Waals surface area contributed by atoms with Crippen LogP contribution in [0.15, 0.2) is 41.9 Å². The van der Waals surface area contributed by atoms with Gasteiger partial charge in [-0.05, 0) is 70.2 Å². The lowest BCUT2D eigenvalue weighted by atomic mass is 9.97. The van der Waals surface area contributed by atoms with Crippen LogP contribution in [0.1, 0.15) is 62.2 Å². The highest BCUT2D eigenvalue weighted by atomic mass is 32.1. The van der Waals surface area contributed by atoms with Crippen LogP contribution in [0.3, 0.4) is 0 Å². The Bertz CT molecular complexity index is 1280. The van der Waals surface area contributed by atoms with Crippen molar-refractivity contribution in [1.29, 1.82) is 0 Å². The molecule has 2 amide bonds. The van der Waals surface area contributed by atoms with Gasteiger partial charge >= 0.3 is 6.09 Å². The average molecular weight is 552 g/mol. The highest BCUT2D eigenvalue weighted by Gasteiger charge is 2.22. The number of hydrogen-bond acceptors (Lipinski definition) is 8. The molecular formula is C29H37N5O4S. The lowest BCUT2D eigenvalue weighted by Crippen LogP contribution is -2.34. The second kappa shape index (κ2) is 12.5. The van der Waals surface area contributed by atoms with Crippen LogP contribution in [-0.4, -0.2) is 47.3 Å². The molecule has 0 atom stereocenters. The van der Waals surface area contributed by atoms with Gasteiger partial charge < -0.3 is 19.7 Å². The third-order valence-electron chi connectivity index (χ3n) is 6.28. The smallest absolute Gasteiger partial charge is 0.413 e. The van der Waals surface area contributed by atoms with E-state index in [4.69, 9.17) is 9.47 Å². The Kier molecular flexibility index (Phi) is 9.06. The van der Waals surface area contributed by atoms with Crippen molar-refractivity contribution < 1.29 is 19.1 Å². The number of carbonyl (C=O) groups excluding carboxylic acids is 2. The Morgan fingerprint density at radius 1 is 1.13 bits per heavy atom. The molecule has 1 fully saturated rings. The summed E-state index contributed by atoms with van der Waals surface area (Å²) in [7, 11) is 0. The Balaban J connectivity index is 1.28. The van der Waals surface area contributed by atoms with Gasteiger partial charge in [0.15, 0.2) is 5.13 Å². The summed E-state index contributed by atoms with van der Waals surface area (Å²) in [6.07, 6.45) is 3.88. The van der Waals surface area contributed by atoms with Crippen LogP contribution >= 0.6 is 11.3 Å². The highest BCUT2D eigenvalue weighted by Crippen LogP contribution is 2.28. The number of piperidine rings is 1. The first kappa shape index (κ1) is 28.4. The Morgan fingerprint density at radius 2 is 1.90 bits per heavy atom. The summed E-state index contributed by atoms with van der Waals surface area (Å²) in [6, 6.07) is 9.48. The molecule has 3 heterocycles. The Labute approximate surface area is 234 Å². The third-order valence-corrected chi connectivity index (χ3v) is 7.09. The van der Waals surface area contributed by atoms with Gasteiger partial charge in [-0.25, -0.2) is 14.8 Å². The molecule has 3 aromatic rings. The van der Waals surface area contributed by atoms with Crippen LogP contribution in [0, 0.1) is 12.8 Å². The fraction of sp³-hybridized carbons (Fsp3) is 0.448. The van der Waals surface area contributed by atoms with E-state index in [2.05, 4.69) is 45.4 Å². The number of nitrogens with one attached hydrogen (secondary N) is 2. The van der Waals surface area contributed by atoms with Crippen LogP contribution in [0.4, 0.5) is 21.3 Å². The number of aryl methyl sites for hydroxylation is 1. The molecule has 39 heavy (non-hydrogen) atoms. The van der Waals surface area contributed by atoms with Crippen molar-refractivity contribution in [2.75, 3.05) is 35.2 Å². The number of pyridine rings is 1. The minimum Gasteiger partial charge on any atom is -0.477 e. The summed E-state index contributed by atoms with van der Waals surface area (Å²) < 4.78 is 11.0. The van der Waals surface area contributed by atoms with Crippen molar-refractivity contribution in [3.05, 3.63) is 58.7 Å². The molecule has 1 aliphatic heterocycles. The van der Waals surface area contributed by atoms with E-state index in [9.17, 15) is 9.59 Å². The monoisotopic (exact) mass is 551 g/mol. The first-order valence-corrected chi connectivity index (χ1v) is 14.1. The second-order valence-corrected chi connectivity index (χ2v) is 11.8. The molecule has 0 aliphatic carbocycles. The lowest BCUT2D eigenvalue weighted by molar-refractivity contribution is 0.0635. The maximum Gasteiger partial charge on any atom is 0.413 e. The first-order valence-electron chi connectivity index (χ1n) is 13.3. The van der Waals surface area contributed by atoms with E-state index in [-0.39, 0.29) is 5.91 Å². The number of ether oxygens (including phenoxy) is 2. The van der Waals surface area contributed by atoms with Crippen LogP contribution < -0.4 is 20.3 Å². The fourth-order valence-electron chi connectivity index (χ4n) is 4.21. The molecule has 0 saturated carbocycles. The predicted octanol–water partition coefficient (Wildman–Crippen LogP) is 6.30. The van der Waals surface area contributed by atoms with Crippen LogP contribution in [0.25, 0.3) is 0 Å². The van der Waals surface area contributed by atoms with Crippen LogP contribution in [0.5, 0.6) is 5.88 Å². The molecular weight excluding hydrogens is 514 g/mol. The zero-order valence-corrected chi connectivity index (χ0v) is 24.1. The topological polar surface area (TPSA) is 106 Å². The van der Waals surface area contributed by atoms with Crippen molar-refractivity contribution in [2.24, 2.45) is 5.92 Å². The van der Waals surface area contributed by atoms with Crippen molar-refractivity contribution in [2.45, 2.75) is 59.5 Å². The molecule has 2 N–H and O–H groups in total. The molecule has 0 spiro atoms. The van der Waals surface area contributed by atoms with Gasteiger partial charge in [-0.2, -0.15) is 0 Å². The van der Waals surface area contributed by atoms with Gasteiger partial charge in [-0.3, -0.25) is 10.1 Å². The number of hydrogen-bond donors (Lipinski definition) is 2. The normalized spacial score (nSPS) is 14.1. The molecule has 4 rings (SSSR count). The third kappa shape index (κ3) is 8.41. The summed E-state index contributed by atoms with van der Waals surface area (Å²) in [5, 5.41) is 7.96. The summed E-state index contributed by atoms with van der Waals surface area (Å²) in [5.41, 5.74) is 3.61. The van der Waals surface area contributed by atoms with Crippen molar-refractivity contribution >= 4 is 39.8 Å². The molecule has 0 radical (unpaired) electrons. The number of carbonyl (C=O) groups is 2. The number of amides is 2. The highest BCUT2D eigenvalue weighted by molar-refractivity contribution is 7.13. The van der Waals surface area contributed by atoms with E-state index in [0.29, 0.717) is 35.3 Å². The van der Waals surface area contributed by atoms with Crippen LogP contribution in [0.2, 0.25) is 0 Å². The van der Waals surface area contributed by atoms with E-state index < -0.39 is 11.7 Å². The van der Waals surface area contributed by atoms with Gasteiger partial charge in [0.1, 0.15) is 5.60 Å². The predicted molar refractivity (Wildman–Crippen MR) is 155 cm³/mol. The number of aromatic nitrogens is 2. The zero-order chi connectivity index (χ0) is 28.0. The molecule has 9 nitrogen and oxygen atoms in total. The van der Waals surface area contributed by atoms with Gasteiger partial charge in [-0.1, -0.05) is 13.0 Å². The number of thiazole rings is 1. The maximum atomic E-state index is 13.2. The molecule has 2 aromatic heterocycles. The second-order valence-electron chi connectivity index (χ2n) is 10.9. The van der Waals surface area contributed by atoms with E-state index in [1.54, 1.807) is 18.3 Å². The standard InChI is InChI=1S/C29H37N5O4S/c1-19-10-13-34(14-11-19)24-16-20(2)6-8-23(24)26(35)31-21-7-9-25(30-17-21)37-15-12-22-18-39-27(32-22)33-28(36)38-29(3,4)5/h6-9,16-19H,10-15H2,1-5H3,(H,31,35)(H,32,33,36). The van der Waals surface area contributed by atoms with Gasteiger partial charge in [0, 0.05) is 36.6 Å². The molecule has 208 valence electrons. The van der Waals surface area contributed by atoms with Gasteiger partial charge in [0.2, 0.25) is 5.88 Å². The minimum absolute atomic E-state index is 0.154. The molecule has 0 bridgehead atoms. The number of nitrogens with zero attached hydrogens (tertiary/aromatic N) is 3. The van der Waals surface area contributed by atoms with Gasteiger partial charge in [-0.15, -0.1) is 11.3 Å². The summed E-state index contributed by atoms with van der Waals surface area (Å²) in [6.45, 7) is 12.0. The fourth-order valence-corrected chi connectivity index (χ4v) is 4.94. The molecule has 1 saturated heterocycles. The lowest BCUT2D eigenvalue weighted by Gasteiger charge is -2.33. The average Bonchev–Trinajstić information content (AvgIpc) is 3.31. The molecule has 0 unspecified atom stereocenters. The van der Waals surface area contributed by atoms with Crippen molar-refractivity contribution in [1.82, 2.24) is 9.97 Å². The van der Waals surface area contributed by atoms with E-state index in [0.717, 1.165) is 48.8 Å². The number of anilines is 3. The van der Waals surface area contributed by atoms with Gasteiger partial charge in [0.05, 0.1) is 29.7 Å². The summed E-state index contributed by atoms with van der Waals surface area (Å²) in [4.78, 5) is 36.1.